The van der Waals surface area contributed by atoms with E-state index in [9.17, 15) is 18.0 Å². The first-order chi connectivity index (χ1) is 13.1. The van der Waals surface area contributed by atoms with Gasteiger partial charge in [-0.1, -0.05) is 32.9 Å². The monoisotopic (exact) mass is 406 g/mol. The summed E-state index contributed by atoms with van der Waals surface area (Å²) < 4.78 is 39.1. The molecule has 0 aliphatic rings. The molecule has 0 heterocycles. The minimum absolute atomic E-state index is 0.0226. The van der Waals surface area contributed by atoms with Gasteiger partial charge < -0.3 is 5.32 Å². The molecule has 0 aliphatic carbocycles. The molecule has 7 heteroatoms. The maximum atomic E-state index is 13.0. The van der Waals surface area contributed by atoms with E-state index >= 15 is 0 Å². The van der Waals surface area contributed by atoms with Gasteiger partial charge in [-0.2, -0.15) is 18.4 Å². The Morgan fingerprint density at radius 3 is 2.32 bits per heavy atom. The van der Waals surface area contributed by atoms with Crippen LogP contribution in [-0.4, -0.2) is 11.7 Å². The molecule has 0 bridgehead atoms. The van der Waals surface area contributed by atoms with Crippen LogP contribution in [0.1, 0.15) is 43.4 Å². The number of rotatable bonds is 6. The highest BCUT2D eigenvalue weighted by atomic mass is 32.2. The average molecular weight is 406 g/mol. The van der Waals surface area contributed by atoms with Crippen LogP contribution in [-0.2, 0) is 11.0 Å². The fourth-order valence-corrected chi connectivity index (χ4v) is 3.39. The lowest BCUT2D eigenvalue weighted by atomic mass is 10.0. The molecule has 1 amide bonds. The van der Waals surface area contributed by atoms with Crippen molar-refractivity contribution in [3.05, 3.63) is 59.2 Å². The number of hydrogen-bond donors (Lipinski definition) is 1. The van der Waals surface area contributed by atoms with Crippen molar-refractivity contribution in [3.63, 3.8) is 0 Å². The quantitative estimate of drug-likeness (QED) is 0.593. The number of hydrogen-bond acceptors (Lipinski definition) is 3. The van der Waals surface area contributed by atoms with Gasteiger partial charge in [-0.15, -0.1) is 11.8 Å². The van der Waals surface area contributed by atoms with Gasteiger partial charge in [0.2, 0.25) is 5.91 Å². The summed E-state index contributed by atoms with van der Waals surface area (Å²) >= 11 is 1.52. The molecule has 1 unspecified atom stereocenters. The van der Waals surface area contributed by atoms with E-state index in [-0.39, 0.29) is 11.6 Å². The first-order valence-corrected chi connectivity index (χ1v) is 9.75. The number of nitrogens with zero attached hydrogens (tertiary/aromatic N) is 1. The number of halogens is 3. The van der Waals surface area contributed by atoms with E-state index in [1.807, 2.05) is 24.3 Å². The second-order valence-corrected chi connectivity index (χ2v) is 7.89. The third-order valence-electron chi connectivity index (χ3n) is 4.21. The van der Waals surface area contributed by atoms with Gasteiger partial charge in [0, 0.05) is 22.3 Å². The number of anilines is 1. The predicted octanol–water partition coefficient (Wildman–Crippen LogP) is 6.07. The highest BCUT2D eigenvalue weighted by Gasteiger charge is 2.34. The van der Waals surface area contributed by atoms with Crippen molar-refractivity contribution < 1.29 is 18.0 Å². The zero-order valence-electron chi connectivity index (χ0n) is 15.8. The van der Waals surface area contributed by atoms with Gasteiger partial charge in [-0.05, 0) is 41.8 Å². The second kappa shape index (κ2) is 9.16. The SMILES string of the molecule is CC(CSc1ccc(C(C)C)cc1)C(=O)Nc1ccc(C#N)c(C(F)(F)F)c1. The van der Waals surface area contributed by atoms with Crippen LogP contribution in [0, 0.1) is 17.2 Å². The smallest absolute Gasteiger partial charge is 0.326 e. The fraction of sp³-hybridized carbons (Fsp3) is 0.333. The summed E-state index contributed by atoms with van der Waals surface area (Å²) in [5, 5.41) is 11.3. The third kappa shape index (κ3) is 5.77. The normalized spacial score (nSPS) is 12.5. The zero-order valence-corrected chi connectivity index (χ0v) is 16.6. The maximum absolute atomic E-state index is 13.0. The van der Waals surface area contributed by atoms with E-state index in [1.165, 1.54) is 29.5 Å². The van der Waals surface area contributed by atoms with E-state index < -0.39 is 23.2 Å². The molecule has 0 aromatic heterocycles. The van der Waals surface area contributed by atoms with Crippen molar-refractivity contribution in [3.8, 4) is 6.07 Å². The molecule has 28 heavy (non-hydrogen) atoms. The van der Waals surface area contributed by atoms with Crippen molar-refractivity contribution >= 4 is 23.4 Å². The maximum Gasteiger partial charge on any atom is 0.417 e. The molecule has 3 nitrogen and oxygen atoms in total. The number of thioether (sulfide) groups is 1. The van der Waals surface area contributed by atoms with Crippen LogP contribution in [0.15, 0.2) is 47.4 Å². The Labute approximate surface area is 166 Å². The van der Waals surface area contributed by atoms with Crippen LogP contribution in [0.25, 0.3) is 0 Å². The summed E-state index contributed by atoms with van der Waals surface area (Å²) in [5.74, 6) is 0.163. The average Bonchev–Trinajstić information content (AvgIpc) is 2.65. The van der Waals surface area contributed by atoms with Crippen LogP contribution in [0.2, 0.25) is 0 Å². The molecule has 2 aromatic rings. The number of carbonyl (C=O) groups excluding carboxylic acids is 1. The van der Waals surface area contributed by atoms with Gasteiger partial charge in [-0.3, -0.25) is 4.79 Å². The number of benzene rings is 2. The van der Waals surface area contributed by atoms with E-state index in [1.54, 1.807) is 6.92 Å². The molecule has 0 radical (unpaired) electrons. The van der Waals surface area contributed by atoms with Gasteiger partial charge in [0.25, 0.3) is 0 Å². The Hall–Kier alpha value is -2.46. The van der Waals surface area contributed by atoms with Gasteiger partial charge in [-0.25, -0.2) is 0 Å². The molecule has 1 N–H and O–H groups in total. The number of amides is 1. The van der Waals surface area contributed by atoms with Crippen molar-refractivity contribution in [2.75, 3.05) is 11.1 Å². The summed E-state index contributed by atoms with van der Waals surface area (Å²) in [7, 11) is 0. The van der Waals surface area contributed by atoms with Crippen molar-refractivity contribution in [2.45, 2.75) is 37.8 Å². The second-order valence-electron chi connectivity index (χ2n) is 6.79. The Kier molecular flexibility index (Phi) is 7.14. The lowest BCUT2D eigenvalue weighted by Gasteiger charge is -2.14. The minimum atomic E-state index is -4.66. The topological polar surface area (TPSA) is 52.9 Å². The molecule has 0 aliphatic heterocycles. The van der Waals surface area contributed by atoms with E-state index in [0.29, 0.717) is 11.7 Å². The van der Waals surface area contributed by atoms with E-state index in [2.05, 4.69) is 19.2 Å². The third-order valence-corrected chi connectivity index (χ3v) is 5.48. The molecule has 148 valence electrons. The molecule has 2 rings (SSSR count). The number of nitriles is 1. The predicted molar refractivity (Wildman–Crippen MR) is 105 cm³/mol. The molecule has 1 atom stereocenters. The molecule has 2 aromatic carbocycles. The minimum Gasteiger partial charge on any atom is -0.326 e. The Morgan fingerprint density at radius 1 is 1.14 bits per heavy atom. The zero-order chi connectivity index (χ0) is 20.9. The summed E-state index contributed by atoms with van der Waals surface area (Å²) in [6, 6.07) is 12.8. The number of nitrogens with one attached hydrogen (secondary N) is 1. The first-order valence-electron chi connectivity index (χ1n) is 8.76. The van der Waals surface area contributed by atoms with Crippen LogP contribution in [0.3, 0.4) is 0 Å². The van der Waals surface area contributed by atoms with Crippen LogP contribution in [0.4, 0.5) is 18.9 Å². The fourth-order valence-electron chi connectivity index (χ4n) is 2.47. The molecular weight excluding hydrogens is 385 g/mol. The van der Waals surface area contributed by atoms with Crippen molar-refractivity contribution in [1.82, 2.24) is 0 Å². The summed E-state index contributed by atoms with van der Waals surface area (Å²) in [6.07, 6.45) is -4.66. The van der Waals surface area contributed by atoms with Crippen LogP contribution in [0.5, 0.6) is 0 Å². The summed E-state index contributed by atoms with van der Waals surface area (Å²) in [5.41, 5.74) is -0.273. The summed E-state index contributed by atoms with van der Waals surface area (Å²) in [6.45, 7) is 5.95. The molecular formula is C21H21F3N2OS. The molecule has 0 fully saturated rings. The molecule has 0 saturated carbocycles. The first kappa shape index (κ1) is 21.8. The largest absolute Gasteiger partial charge is 0.417 e. The van der Waals surface area contributed by atoms with Gasteiger partial charge in [0.15, 0.2) is 0 Å². The van der Waals surface area contributed by atoms with Crippen molar-refractivity contribution in [2.24, 2.45) is 5.92 Å². The van der Waals surface area contributed by atoms with Crippen LogP contribution >= 0.6 is 11.8 Å². The molecule has 0 saturated heterocycles. The Bertz CT molecular complexity index is 871. The Morgan fingerprint density at radius 2 is 1.79 bits per heavy atom. The summed E-state index contributed by atoms with van der Waals surface area (Å²) in [4.78, 5) is 13.4. The van der Waals surface area contributed by atoms with E-state index in [4.69, 9.17) is 5.26 Å². The molecule has 0 spiro atoms. The van der Waals surface area contributed by atoms with Gasteiger partial charge >= 0.3 is 6.18 Å². The lowest BCUT2D eigenvalue weighted by molar-refractivity contribution is -0.137. The Balaban J connectivity index is 1.99. The standard InChI is InChI=1S/C21H21F3N2OS/c1-13(2)15-5-8-18(9-6-15)28-12-14(3)20(27)26-17-7-4-16(11-25)19(10-17)21(22,23)24/h4-10,13-14H,12H2,1-3H3,(H,26,27). The van der Waals surface area contributed by atoms with Crippen molar-refractivity contribution in [1.29, 1.82) is 5.26 Å². The van der Waals surface area contributed by atoms with Gasteiger partial charge in [0.05, 0.1) is 17.2 Å². The number of alkyl halides is 3. The highest BCUT2D eigenvalue weighted by Crippen LogP contribution is 2.33. The van der Waals surface area contributed by atoms with E-state index in [0.717, 1.165) is 17.0 Å². The van der Waals surface area contributed by atoms with Crippen LogP contribution < -0.4 is 5.32 Å². The number of carbonyl (C=O) groups is 1. The van der Waals surface area contributed by atoms with Gasteiger partial charge in [0.1, 0.15) is 0 Å². The lowest BCUT2D eigenvalue weighted by Crippen LogP contribution is -2.22. The highest BCUT2D eigenvalue weighted by molar-refractivity contribution is 7.99.